The van der Waals surface area contributed by atoms with Gasteiger partial charge in [0.1, 0.15) is 0 Å². The minimum Gasteiger partial charge on any atom is -0.286 e. The normalized spacial score (nSPS) is 14.1. The van der Waals surface area contributed by atoms with Crippen LogP contribution in [-0.4, -0.2) is 19.5 Å². The first-order valence-electron chi connectivity index (χ1n) is 11.7. The highest BCUT2D eigenvalue weighted by Gasteiger charge is 2.36. The van der Waals surface area contributed by atoms with Gasteiger partial charge in [0, 0.05) is 15.9 Å². The van der Waals surface area contributed by atoms with Gasteiger partial charge in [-0.15, -0.1) is 0 Å². The predicted octanol–water partition coefficient (Wildman–Crippen LogP) is 7.64. The van der Waals surface area contributed by atoms with Crippen molar-refractivity contribution in [1.29, 1.82) is 0 Å². The Morgan fingerprint density at radius 3 is 2.06 bits per heavy atom. The molecule has 4 nitrogen and oxygen atoms in total. The quantitative estimate of drug-likeness (QED) is 0.261. The van der Waals surface area contributed by atoms with Gasteiger partial charge >= 0.3 is 0 Å². The Hall–Kier alpha value is -3.96. The van der Waals surface area contributed by atoms with Crippen LogP contribution < -0.4 is 0 Å². The maximum Gasteiger partial charge on any atom is 0.174 e. The summed E-state index contributed by atoms with van der Waals surface area (Å²) in [5, 5.41) is 1.01. The Morgan fingerprint density at radius 2 is 1.29 bits per heavy atom. The van der Waals surface area contributed by atoms with Crippen molar-refractivity contribution in [2.75, 3.05) is 0 Å². The van der Waals surface area contributed by atoms with Gasteiger partial charge in [-0.2, -0.15) is 0 Å². The van der Waals surface area contributed by atoms with Crippen molar-refractivity contribution < 1.29 is 0 Å². The molecule has 0 fully saturated rings. The van der Waals surface area contributed by atoms with E-state index in [9.17, 15) is 0 Å². The maximum atomic E-state index is 5.21. The van der Waals surface area contributed by atoms with E-state index < -0.39 is 0 Å². The Morgan fingerprint density at radius 1 is 0.629 bits per heavy atom. The molecule has 4 aromatic carbocycles. The average molecular weight is 471 g/mol. The number of hydrogen-bond donors (Lipinski definition) is 0. The molecule has 0 bridgehead atoms. The van der Waals surface area contributed by atoms with Crippen molar-refractivity contribution in [2.24, 2.45) is 0 Å². The van der Waals surface area contributed by atoms with E-state index in [-0.39, 0.29) is 4.75 Å². The third-order valence-electron chi connectivity index (χ3n) is 6.66. The lowest BCUT2D eigenvalue weighted by Gasteiger charge is -2.33. The number of para-hydroxylation sites is 5. The molecule has 0 amide bonds. The number of hydrogen-bond acceptors (Lipinski definition) is 4. The van der Waals surface area contributed by atoms with E-state index in [0.29, 0.717) is 0 Å². The lowest BCUT2D eigenvalue weighted by molar-refractivity contribution is 0.729. The number of imidazole rings is 1. The van der Waals surface area contributed by atoms with Gasteiger partial charge in [-0.1, -0.05) is 84.6 Å². The van der Waals surface area contributed by atoms with Crippen LogP contribution in [0.15, 0.2) is 102 Å². The average Bonchev–Trinajstić information content (AvgIpc) is 3.25. The molecular weight excluding hydrogens is 448 g/mol. The number of nitrogens with zero attached hydrogens (tertiary/aromatic N) is 4. The molecular formula is C30H22N4S. The third-order valence-corrected chi connectivity index (χ3v) is 7.84. The van der Waals surface area contributed by atoms with E-state index in [1.54, 1.807) is 11.8 Å². The number of fused-ring (bicyclic) bond motifs is 6. The summed E-state index contributed by atoms with van der Waals surface area (Å²) < 4.78 is 2.17. The second-order valence-electron chi connectivity index (χ2n) is 9.31. The highest BCUT2D eigenvalue weighted by molar-refractivity contribution is 8.00. The van der Waals surface area contributed by atoms with Gasteiger partial charge in [-0.3, -0.25) is 4.57 Å². The zero-order chi connectivity index (χ0) is 23.6. The van der Waals surface area contributed by atoms with Crippen LogP contribution in [0.1, 0.15) is 19.4 Å². The molecule has 35 heavy (non-hydrogen) atoms. The standard InChI is InChI=1S/C30H22N4S/c1-30(2)21-14-10-13-20(28(21)34-25-18-9-8-17-24(25)33-29(34)35-30)27-26(19-11-4-3-5-12-19)31-22-15-6-7-16-23(22)32-27/h3-18H,1-2H3. The molecule has 1 aliphatic heterocycles. The number of rotatable bonds is 2. The van der Waals surface area contributed by atoms with E-state index in [1.807, 2.05) is 36.4 Å². The Labute approximate surface area is 207 Å². The topological polar surface area (TPSA) is 43.6 Å². The lowest BCUT2D eigenvalue weighted by atomic mass is 9.93. The molecule has 168 valence electrons. The molecule has 0 atom stereocenters. The summed E-state index contributed by atoms with van der Waals surface area (Å²) >= 11 is 1.81. The molecule has 5 heteroatoms. The summed E-state index contributed by atoms with van der Waals surface area (Å²) in [7, 11) is 0. The van der Waals surface area contributed by atoms with E-state index in [2.05, 4.69) is 79.1 Å². The summed E-state index contributed by atoms with van der Waals surface area (Å²) in [5.74, 6) is 0. The van der Waals surface area contributed by atoms with Crippen LogP contribution in [0.5, 0.6) is 0 Å². The van der Waals surface area contributed by atoms with Gasteiger partial charge < -0.3 is 0 Å². The highest BCUT2D eigenvalue weighted by Crippen LogP contribution is 2.51. The van der Waals surface area contributed by atoms with Crippen LogP contribution in [-0.2, 0) is 4.75 Å². The van der Waals surface area contributed by atoms with E-state index in [4.69, 9.17) is 15.0 Å². The van der Waals surface area contributed by atoms with Crippen molar-refractivity contribution in [3.05, 3.63) is 103 Å². The van der Waals surface area contributed by atoms with Crippen LogP contribution in [0.4, 0.5) is 0 Å². The molecule has 3 heterocycles. The van der Waals surface area contributed by atoms with Gasteiger partial charge in [0.05, 0.1) is 39.1 Å². The molecule has 0 radical (unpaired) electrons. The summed E-state index contributed by atoms with van der Waals surface area (Å²) in [4.78, 5) is 15.3. The number of benzene rings is 4. The van der Waals surface area contributed by atoms with E-state index >= 15 is 0 Å². The van der Waals surface area contributed by atoms with Crippen molar-refractivity contribution in [3.63, 3.8) is 0 Å². The zero-order valence-electron chi connectivity index (χ0n) is 19.4. The molecule has 0 saturated heterocycles. The van der Waals surface area contributed by atoms with Gasteiger partial charge in [0.25, 0.3) is 0 Å². The van der Waals surface area contributed by atoms with Crippen molar-refractivity contribution in [3.8, 4) is 28.2 Å². The van der Waals surface area contributed by atoms with Crippen LogP contribution in [0, 0.1) is 0 Å². The molecule has 0 aliphatic carbocycles. The molecule has 0 spiro atoms. The molecule has 7 rings (SSSR count). The van der Waals surface area contributed by atoms with Crippen LogP contribution >= 0.6 is 11.8 Å². The van der Waals surface area contributed by atoms with Crippen LogP contribution in [0.3, 0.4) is 0 Å². The fourth-order valence-electron chi connectivity index (χ4n) is 5.02. The highest BCUT2D eigenvalue weighted by atomic mass is 32.2. The van der Waals surface area contributed by atoms with Gasteiger partial charge in [0.2, 0.25) is 0 Å². The SMILES string of the molecule is CC1(C)Sc2nc3ccccc3n2-c2c(-c3nc4ccccc4nc3-c3ccccc3)cccc21. The smallest absolute Gasteiger partial charge is 0.174 e. The molecule has 0 N–H and O–H groups in total. The van der Waals surface area contributed by atoms with Gasteiger partial charge in [-0.05, 0) is 43.7 Å². The lowest BCUT2D eigenvalue weighted by Crippen LogP contribution is -2.22. The Bertz CT molecular complexity index is 1750. The monoisotopic (exact) mass is 470 g/mol. The fraction of sp³-hybridized carbons (Fsp3) is 0.100. The maximum absolute atomic E-state index is 5.21. The van der Waals surface area contributed by atoms with Crippen LogP contribution in [0.2, 0.25) is 0 Å². The largest absolute Gasteiger partial charge is 0.286 e. The van der Waals surface area contributed by atoms with E-state index in [0.717, 1.165) is 55.4 Å². The van der Waals surface area contributed by atoms with Gasteiger partial charge in [0.15, 0.2) is 5.16 Å². The minimum atomic E-state index is -0.139. The molecule has 0 unspecified atom stereocenters. The minimum absolute atomic E-state index is 0.139. The van der Waals surface area contributed by atoms with Crippen molar-refractivity contribution in [1.82, 2.24) is 19.5 Å². The second kappa shape index (κ2) is 7.52. The van der Waals surface area contributed by atoms with Crippen molar-refractivity contribution in [2.45, 2.75) is 23.8 Å². The first kappa shape index (κ1) is 20.4. The molecule has 2 aromatic heterocycles. The predicted molar refractivity (Wildman–Crippen MR) is 144 cm³/mol. The van der Waals surface area contributed by atoms with E-state index in [1.165, 1.54) is 5.56 Å². The number of thioether (sulfide) groups is 1. The summed E-state index contributed by atoms with van der Waals surface area (Å²) in [5.41, 5.74) is 10.2. The van der Waals surface area contributed by atoms with Gasteiger partial charge in [-0.25, -0.2) is 15.0 Å². The van der Waals surface area contributed by atoms with Crippen LogP contribution in [0.25, 0.3) is 50.3 Å². The second-order valence-corrected chi connectivity index (χ2v) is 10.9. The summed E-state index contributed by atoms with van der Waals surface area (Å²) in [6.07, 6.45) is 0. The van der Waals surface area contributed by atoms with Crippen molar-refractivity contribution >= 4 is 33.8 Å². The first-order valence-corrected chi connectivity index (χ1v) is 12.5. The zero-order valence-corrected chi connectivity index (χ0v) is 20.3. The Kier molecular flexibility index (Phi) is 4.39. The third kappa shape index (κ3) is 3.12. The summed E-state index contributed by atoms with van der Waals surface area (Å²) in [6, 6.07) is 33.4. The molecule has 1 aliphatic rings. The first-order chi connectivity index (χ1) is 17.1. The molecule has 6 aromatic rings. The number of aromatic nitrogens is 4. The fourth-order valence-corrected chi connectivity index (χ4v) is 6.17. The summed E-state index contributed by atoms with van der Waals surface area (Å²) in [6.45, 7) is 4.54. The molecule has 0 saturated carbocycles. The Balaban J connectivity index is 1.62.